The summed E-state index contributed by atoms with van der Waals surface area (Å²) >= 11 is 0. The lowest BCUT2D eigenvalue weighted by Crippen LogP contribution is -2.41. The Labute approximate surface area is 149 Å². The fraction of sp³-hybridized carbons (Fsp3) is 0.348. The molecule has 1 aromatic heterocycles. The van der Waals surface area contributed by atoms with E-state index in [2.05, 4.69) is 81.2 Å². The van der Waals surface area contributed by atoms with Gasteiger partial charge in [-0.15, -0.1) is 0 Å². The first-order valence-corrected chi connectivity index (χ1v) is 9.11. The molecule has 25 heavy (non-hydrogen) atoms. The van der Waals surface area contributed by atoms with E-state index in [9.17, 15) is 0 Å². The van der Waals surface area contributed by atoms with Gasteiger partial charge in [-0.05, 0) is 34.7 Å². The van der Waals surface area contributed by atoms with Crippen molar-refractivity contribution in [2.45, 2.75) is 51.6 Å². The smallest absolute Gasteiger partial charge is 0.129 e. The third-order valence-electron chi connectivity index (χ3n) is 5.59. The lowest BCUT2D eigenvalue weighted by atomic mass is 9.76. The fourth-order valence-electron chi connectivity index (χ4n) is 3.91. The number of aromatic nitrogens is 1. The second-order valence-electron chi connectivity index (χ2n) is 7.90. The Morgan fingerprint density at radius 2 is 1.80 bits per heavy atom. The lowest BCUT2D eigenvalue weighted by molar-refractivity contribution is 0.122. The first-order chi connectivity index (χ1) is 12.0. The van der Waals surface area contributed by atoms with Gasteiger partial charge in [-0.1, -0.05) is 64.1 Å². The number of nitrogens with zero attached hydrogens (tertiary/aromatic N) is 1. The van der Waals surface area contributed by atoms with Gasteiger partial charge in [0, 0.05) is 23.4 Å². The molecule has 0 radical (unpaired) electrons. The molecule has 4 rings (SSSR count). The molecule has 0 fully saturated rings. The van der Waals surface area contributed by atoms with Gasteiger partial charge in [-0.3, -0.25) is 4.98 Å². The second-order valence-corrected chi connectivity index (χ2v) is 7.90. The highest BCUT2D eigenvalue weighted by atomic mass is 16.5. The van der Waals surface area contributed by atoms with Gasteiger partial charge in [0.25, 0.3) is 0 Å². The molecular formula is C23H25NO. The number of rotatable bonds is 3. The molecule has 2 heteroatoms. The second kappa shape index (κ2) is 5.87. The maximum absolute atomic E-state index is 6.52. The van der Waals surface area contributed by atoms with Gasteiger partial charge in [0.1, 0.15) is 11.9 Å². The number of ether oxygens (including phenoxy) is 1. The van der Waals surface area contributed by atoms with Crippen molar-refractivity contribution in [2.24, 2.45) is 0 Å². The Balaban J connectivity index is 1.80. The zero-order chi connectivity index (χ0) is 17.6. The summed E-state index contributed by atoms with van der Waals surface area (Å²) in [5, 5.41) is 1.20. The molecule has 2 aromatic carbocycles. The lowest BCUT2D eigenvalue weighted by Gasteiger charge is -2.38. The van der Waals surface area contributed by atoms with Crippen LogP contribution in [0.25, 0.3) is 10.9 Å². The zero-order valence-corrected chi connectivity index (χ0v) is 15.4. The van der Waals surface area contributed by atoms with Crippen molar-refractivity contribution in [2.75, 3.05) is 0 Å². The highest BCUT2D eigenvalue weighted by Gasteiger charge is 2.36. The molecule has 3 aromatic rings. The molecule has 0 bridgehead atoms. The minimum Gasteiger partial charge on any atom is -0.488 e. The Morgan fingerprint density at radius 3 is 2.52 bits per heavy atom. The van der Waals surface area contributed by atoms with Crippen LogP contribution in [0.2, 0.25) is 0 Å². The van der Waals surface area contributed by atoms with Gasteiger partial charge in [-0.25, -0.2) is 0 Å². The normalized spacial score (nSPS) is 16.9. The van der Waals surface area contributed by atoms with Crippen LogP contribution in [0.4, 0.5) is 0 Å². The number of pyridine rings is 1. The van der Waals surface area contributed by atoms with Crippen molar-refractivity contribution in [3.05, 3.63) is 71.4 Å². The Hall–Kier alpha value is -2.35. The largest absolute Gasteiger partial charge is 0.488 e. The summed E-state index contributed by atoms with van der Waals surface area (Å²) in [6.07, 6.45) is 2.97. The quantitative estimate of drug-likeness (QED) is 0.619. The standard InChI is InChI=1S/C23H25NO/c1-15(2)18-10-11-19-21-16(12-13-24-22(18)21)14-20(25-19)23(3,4)17-8-6-5-7-9-17/h5-13,15,20H,14H2,1-4H3. The Morgan fingerprint density at radius 1 is 1.04 bits per heavy atom. The molecule has 2 nitrogen and oxygen atoms in total. The maximum atomic E-state index is 6.52. The molecule has 1 aliphatic heterocycles. The Kier molecular flexibility index (Phi) is 3.79. The first-order valence-electron chi connectivity index (χ1n) is 9.11. The van der Waals surface area contributed by atoms with Gasteiger partial charge in [0.15, 0.2) is 0 Å². The summed E-state index contributed by atoms with van der Waals surface area (Å²) in [5.41, 5.74) is 4.99. The molecule has 1 aliphatic rings. The van der Waals surface area contributed by atoms with Crippen LogP contribution >= 0.6 is 0 Å². The van der Waals surface area contributed by atoms with Crippen LogP contribution in [-0.4, -0.2) is 11.1 Å². The SMILES string of the molecule is CC(C)c1ccc2c3c(ccnc13)CC(C(C)(C)c1ccccc1)O2. The molecule has 0 aliphatic carbocycles. The molecule has 2 heterocycles. The van der Waals surface area contributed by atoms with Crippen molar-refractivity contribution < 1.29 is 4.74 Å². The Bertz CT molecular complexity index is 900. The van der Waals surface area contributed by atoms with Crippen molar-refractivity contribution in [3.8, 4) is 5.75 Å². The van der Waals surface area contributed by atoms with E-state index in [4.69, 9.17) is 4.74 Å². The highest BCUT2D eigenvalue weighted by Crippen LogP contribution is 2.41. The molecule has 0 saturated carbocycles. The molecule has 1 unspecified atom stereocenters. The molecule has 0 saturated heterocycles. The predicted molar refractivity (Wildman–Crippen MR) is 103 cm³/mol. The molecular weight excluding hydrogens is 306 g/mol. The molecule has 128 valence electrons. The first kappa shape index (κ1) is 16.1. The van der Waals surface area contributed by atoms with Crippen LogP contribution < -0.4 is 4.74 Å². The number of hydrogen-bond acceptors (Lipinski definition) is 2. The van der Waals surface area contributed by atoms with E-state index >= 15 is 0 Å². The van der Waals surface area contributed by atoms with Crippen LogP contribution in [0.15, 0.2) is 54.7 Å². The summed E-state index contributed by atoms with van der Waals surface area (Å²) in [5.74, 6) is 1.43. The van der Waals surface area contributed by atoms with Crippen LogP contribution in [0.3, 0.4) is 0 Å². The van der Waals surface area contributed by atoms with Crippen LogP contribution in [0.1, 0.15) is 50.3 Å². The van der Waals surface area contributed by atoms with E-state index in [1.54, 1.807) is 0 Å². The van der Waals surface area contributed by atoms with Crippen molar-refractivity contribution in [1.82, 2.24) is 4.98 Å². The minimum atomic E-state index is -0.0642. The van der Waals surface area contributed by atoms with Crippen molar-refractivity contribution in [1.29, 1.82) is 0 Å². The average molecular weight is 331 g/mol. The maximum Gasteiger partial charge on any atom is 0.129 e. The van der Waals surface area contributed by atoms with Gasteiger partial charge in [-0.2, -0.15) is 0 Å². The fourth-order valence-corrected chi connectivity index (χ4v) is 3.91. The molecule has 1 atom stereocenters. The van der Waals surface area contributed by atoms with E-state index in [0.29, 0.717) is 5.92 Å². The van der Waals surface area contributed by atoms with E-state index in [-0.39, 0.29) is 11.5 Å². The summed E-state index contributed by atoms with van der Waals surface area (Å²) < 4.78 is 6.52. The predicted octanol–water partition coefficient (Wildman–Crippen LogP) is 5.64. The summed E-state index contributed by atoms with van der Waals surface area (Å²) in [6, 6.07) is 17.1. The molecule has 0 amide bonds. The van der Waals surface area contributed by atoms with Gasteiger partial charge < -0.3 is 4.74 Å². The van der Waals surface area contributed by atoms with E-state index in [1.807, 2.05) is 6.20 Å². The van der Waals surface area contributed by atoms with E-state index in [1.165, 1.54) is 22.1 Å². The third-order valence-corrected chi connectivity index (χ3v) is 5.59. The van der Waals surface area contributed by atoms with Crippen molar-refractivity contribution >= 4 is 10.9 Å². The van der Waals surface area contributed by atoms with Gasteiger partial charge >= 0.3 is 0 Å². The number of benzene rings is 2. The van der Waals surface area contributed by atoms with Gasteiger partial charge in [0.05, 0.1) is 5.52 Å². The molecule has 0 N–H and O–H groups in total. The van der Waals surface area contributed by atoms with Crippen LogP contribution in [0.5, 0.6) is 5.75 Å². The third kappa shape index (κ3) is 2.60. The summed E-state index contributed by atoms with van der Waals surface area (Å²) in [6.45, 7) is 8.99. The summed E-state index contributed by atoms with van der Waals surface area (Å²) in [7, 11) is 0. The number of hydrogen-bond donors (Lipinski definition) is 0. The zero-order valence-electron chi connectivity index (χ0n) is 15.4. The summed E-state index contributed by atoms with van der Waals surface area (Å²) in [4.78, 5) is 4.67. The molecule has 0 spiro atoms. The highest BCUT2D eigenvalue weighted by molar-refractivity contribution is 5.91. The monoisotopic (exact) mass is 331 g/mol. The topological polar surface area (TPSA) is 22.1 Å². The van der Waals surface area contributed by atoms with Gasteiger partial charge in [0.2, 0.25) is 0 Å². The van der Waals surface area contributed by atoms with Crippen LogP contribution in [-0.2, 0) is 11.8 Å². The van der Waals surface area contributed by atoms with Crippen molar-refractivity contribution in [3.63, 3.8) is 0 Å². The minimum absolute atomic E-state index is 0.0642. The van der Waals surface area contributed by atoms with E-state index < -0.39 is 0 Å². The van der Waals surface area contributed by atoms with Crippen LogP contribution in [0, 0.1) is 0 Å². The van der Waals surface area contributed by atoms with E-state index in [0.717, 1.165) is 17.7 Å². The average Bonchev–Trinajstić information content (AvgIpc) is 2.62.